The van der Waals surface area contributed by atoms with Gasteiger partial charge in [-0.15, -0.1) is 0 Å². The van der Waals surface area contributed by atoms with E-state index in [9.17, 15) is 33.5 Å². The number of carboxylic acids is 1. The Balaban J connectivity index is 1.98. The highest BCUT2D eigenvalue weighted by atomic mass is 31.2. The van der Waals surface area contributed by atoms with Gasteiger partial charge in [-0.05, 0) is 13.0 Å². The molecule has 174 valence electrons. The van der Waals surface area contributed by atoms with Crippen LogP contribution in [0.25, 0.3) is 0 Å². The molecule has 0 amide bonds. The molecule has 31 heavy (non-hydrogen) atoms. The molecule has 14 nitrogen and oxygen atoms in total. The number of aliphatic carboxylic acids is 1. The lowest BCUT2D eigenvalue weighted by Gasteiger charge is -2.23. The summed E-state index contributed by atoms with van der Waals surface area (Å²) in [6.45, 7) is 1.04. The molecule has 0 fully saturated rings. The number of rotatable bonds is 11. The van der Waals surface area contributed by atoms with Crippen LogP contribution in [0.15, 0.2) is 27.9 Å². The third-order valence-corrected chi connectivity index (χ3v) is 7.28. The molecule has 2 heterocycles. The first-order valence-electron chi connectivity index (χ1n) is 8.74. The number of aromatic amines is 1. The average molecular weight is 483 g/mol. The van der Waals surface area contributed by atoms with Crippen molar-refractivity contribution in [1.29, 1.82) is 0 Å². The Morgan fingerprint density at radius 3 is 2.55 bits per heavy atom. The summed E-state index contributed by atoms with van der Waals surface area (Å²) < 4.78 is 45.2. The Morgan fingerprint density at radius 1 is 1.32 bits per heavy atom. The predicted molar refractivity (Wildman–Crippen MR) is 106 cm³/mol. The lowest BCUT2D eigenvalue weighted by Crippen LogP contribution is -2.38. The average Bonchev–Trinajstić information content (AvgIpc) is 3.17. The maximum Gasteiger partial charge on any atom is 0.403 e. The fourth-order valence-corrected chi connectivity index (χ4v) is 4.85. The highest BCUT2D eigenvalue weighted by Crippen LogP contribution is 2.48. The highest BCUT2D eigenvalue weighted by Gasteiger charge is 2.37. The van der Waals surface area contributed by atoms with E-state index in [4.69, 9.17) is 9.26 Å². The van der Waals surface area contributed by atoms with Crippen LogP contribution in [-0.2, 0) is 32.2 Å². The number of nitrogens with zero attached hydrogens (tertiary/aromatic N) is 1. The van der Waals surface area contributed by atoms with E-state index in [1.165, 1.54) is 25.3 Å². The van der Waals surface area contributed by atoms with Crippen LogP contribution < -0.4 is 16.3 Å². The second-order valence-electron chi connectivity index (χ2n) is 6.42. The highest BCUT2D eigenvalue weighted by molar-refractivity contribution is 7.54. The maximum atomic E-state index is 12.2. The zero-order valence-corrected chi connectivity index (χ0v) is 18.6. The summed E-state index contributed by atoms with van der Waals surface area (Å²) >= 11 is 0. The molecular weight excluding hydrogens is 460 g/mol. The van der Waals surface area contributed by atoms with Crippen molar-refractivity contribution in [3.63, 3.8) is 0 Å². The third kappa shape index (κ3) is 6.79. The monoisotopic (exact) mass is 483 g/mol. The Morgan fingerprint density at radius 2 is 1.97 bits per heavy atom. The molecule has 0 bridgehead atoms. The van der Waals surface area contributed by atoms with Crippen LogP contribution >= 0.6 is 15.3 Å². The number of aromatic nitrogens is 2. The summed E-state index contributed by atoms with van der Waals surface area (Å²) in [5, 5.41) is 11.1. The van der Waals surface area contributed by atoms with Gasteiger partial charge in [0.05, 0.1) is 12.8 Å². The van der Waals surface area contributed by atoms with Gasteiger partial charge in [-0.1, -0.05) is 6.08 Å². The molecule has 1 aliphatic heterocycles. The summed E-state index contributed by atoms with van der Waals surface area (Å²) in [7, 11) is -6.37. The predicted octanol–water partition coefficient (Wildman–Crippen LogP) is -0.0557. The Kier molecular flexibility index (Phi) is 8.31. The van der Waals surface area contributed by atoms with Crippen LogP contribution in [0.2, 0.25) is 0 Å². The molecule has 2 rings (SSSR count). The number of hydrogen-bond donors (Lipinski definition) is 4. The van der Waals surface area contributed by atoms with E-state index in [2.05, 4.69) is 14.0 Å². The molecule has 0 aliphatic carbocycles. The second-order valence-corrected chi connectivity index (χ2v) is 10.3. The number of ether oxygens (including phenoxy) is 1. The largest absolute Gasteiger partial charge is 0.480 e. The smallest absolute Gasteiger partial charge is 0.403 e. The first kappa shape index (κ1) is 25.4. The SMILES string of the molecule is COP(=O)(C[C@H](NP(=O)(O)OC[C@@H]1C=C[C@H](n2cc(C)c(=O)[nH]c2=O)O1)C(=O)O)OC. The minimum absolute atomic E-state index is 0.282. The molecule has 0 saturated heterocycles. The quantitative estimate of drug-likeness (QED) is 0.242. The Labute approximate surface area is 175 Å². The van der Waals surface area contributed by atoms with Gasteiger partial charge in [-0.25, -0.2) is 14.4 Å². The van der Waals surface area contributed by atoms with Gasteiger partial charge in [0, 0.05) is 26.0 Å². The Hall–Kier alpha value is -1.89. The van der Waals surface area contributed by atoms with Gasteiger partial charge < -0.3 is 23.8 Å². The number of nitrogens with one attached hydrogen (secondary N) is 2. The first-order chi connectivity index (χ1) is 14.4. The van der Waals surface area contributed by atoms with Crippen LogP contribution in [0.4, 0.5) is 0 Å². The van der Waals surface area contributed by atoms with Crippen molar-refractivity contribution in [3.05, 3.63) is 44.8 Å². The molecule has 4 N–H and O–H groups in total. The van der Waals surface area contributed by atoms with Crippen molar-refractivity contribution in [3.8, 4) is 0 Å². The molecule has 16 heteroatoms. The topological polar surface area (TPSA) is 195 Å². The zero-order valence-electron chi connectivity index (χ0n) is 16.8. The molecule has 0 aromatic carbocycles. The van der Waals surface area contributed by atoms with Gasteiger partial charge in [0.15, 0.2) is 6.23 Å². The van der Waals surface area contributed by atoms with Gasteiger partial charge >= 0.3 is 27.0 Å². The van der Waals surface area contributed by atoms with Gasteiger partial charge in [0.2, 0.25) is 0 Å². The molecule has 0 saturated carbocycles. The van der Waals surface area contributed by atoms with E-state index < -0.39 is 63.7 Å². The molecule has 1 aromatic heterocycles. The van der Waals surface area contributed by atoms with Gasteiger partial charge in [0.25, 0.3) is 5.56 Å². The van der Waals surface area contributed by atoms with Crippen molar-refractivity contribution in [1.82, 2.24) is 14.6 Å². The fourth-order valence-electron chi connectivity index (χ4n) is 2.55. The summed E-state index contributed by atoms with van der Waals surface area (Å²) in [4.78, 5) is 46.8. The van der Waals surface area contributed by atoms with Crippen molar-refractivity contribution in [2.45, 2.75) is 25.3 Å². The lowest BCUT2D eigenvalue weighted by molar-refractivity contribution is -0.138. The van der Waals surface area contributed by atoms with E-state index in [1.807, 2.05) is 5.09 Å². The zero-order chi connectivity index (χ0) is 23.4. The van der Waals surface area contributed by atoms with E-state index in [-0.39, 0.29) is 5.56 Å². The maximum absolute atomic E-state index is 12.2. The molecule has 1 aliphatic rings. The van der Waals surface area contributed by atoms with E-state index in [0.29, 0.717) is 0 Å². The normalized spacial score (nSPS) is 21.7. The number of carboxylic acid groups (broad SMARTS) is 1. The molecule has 0 spiro atoms. The summed E-state index contributed by atoms with van der Waals surface area (Å²) in [6, 6.07) is -1.77. The molecule has 1 aromatic rings. The fraction of sp³-hybridized carbons (Fsp3) is 0.533. The van der Waals surface area contributed by atoms with Crippen molar-refractivity contribution in [2.75, 3.05) is 27.0 Å². The minimum atomic E-state index is -4.67. The van der Waals surface area contributed by atoms with E-state index in [1.54, 1.807) is 0 Å². The molecule has 1 unspecified atom stereocenters. The molecule has 0 radical (unpaired) electrons. The van der Waals surface area contributed by atoms with Gasteiger partial charge in [0.1, 0.15) is 12.1 Å². The van der Waals surface area contributed by atoms with Crippen LogP contribution in [0.5, 0.6) is 0 Å². The summed E-state index contributed by atoms with van der Waals surface area (Å²) in [5.74, 6) is -1.57. The Bertz CT molecular complexity index is 1040. The number of hydrogen-bond acceptors (Lipinski definition) is 9. The van der Waals surface area contributed by atoms with E-state index in [0.717, 1.165) is 18.8 Å². The lowest BCUT2D eigenvalue weighted by atomic mass is 10.3. The molecule has 4 atom stereocenters. The van der Waals surface area contributed by atoms with Crippen LogP contribution in [0, 0.1) is 6.92 Å². The first-order valence-corrected chi connectivity index (χ1v) is 12.0. The van der Waals surface area contributed by atoms with Crippen LogP contribution in [0.3, 0.4) is 0 Å². The van der Waals surface area contributed by atoms with Crippen LogP contribution in [-0.4, -0.2) is 64.7 Å². The van der Waals surface area contributed by atoms with Gasteiger partial charge in [-0.2, -0.15) is 0 Å². The summed E-state index contributed by atoms with van der Waals surface area (Å²) in [6.07, 6.45) is 1.80. The van der Waals surface area contributed by atoms with Crippen molar-refractivity contribution in [2.24, 2.45) is 0 Å². The number of H-pyrrole nitrogens is 1. The van der Waals surface area contributed by atoms with Gasteiger partial charge in [-0.3, -0.25) is 28.2 Å². The summed E-state index contributed by atoms with van der Waals surface area (Å²) in [5.41, 5.74) is -0.953. The van der Waals surface area contributed by atoms with E-state index >= 15 is 0 Å². The standard InChI is InChI=1S/C15H23N3O11P2/c1-9-6-18(15(22)16-13(9)19)12-5-4-10(29-12)7-28-31(24,25)17-11(14(20)21)8-30(23,26-2)27-3/h4-6,10-12H,7-8H2,1-3H3,(H,20,21)(H,16,19,22)(H2,17,24,25)/t10-,11-,12+/m0/s1. The van der Waals surface area contributed by atoms with Crippen LogP contribution in [0.1, 0.15) is 11.8 Å². The second kappa shape index (κ2) is 10.2. The third-order valence-electron chi connectivity index (χ3n) is 4.22. The molecular formula is C15H23N3O11P2. The number of carbonyl (C=O) groups is 1. The van der Waals surface area contributed by atoms with Crippen molar-refractivity contribution < 1.29 is 42.2 Å². The van der Waals surface area contributed by atoms with Crippen molar-refractivity contribution >= 4 is 21.3 Å². The minimum Gasteiger partial charge on any atom is -0.480 e. The number of aryl methyl sites for hydroxylation is 1.